The van der Waals surface area contributed by atoms with Crippen molar-refractivity contribution in [3.05, 3.63) is 102 Å². The molecule has 0 spiro atoms. The predicted octanol–water partition coefficient (Wildman–Crippen LogP) is 7.00. The molecule has 0 aliphatic carbocycles. The molecule has 2 atom stereocenters. The number of carbonyl (C=O) groups is 1. The number of carbonyl (C=O) groups excluding carboxylic acids is 1. The maximum Gasteiger partial charge on any atom is 0.338 e. The summed E-state index contributed by atoms with van der Waals surface area (Å²) in [5, 5.41) is 6.20. The van der Waals surface area contributed by atoms with Gasteiger partial charge in [0.15, 0.2) is 0 Å². The first-order valence-corrected chi connectivity index (χ1v) is 12.6. The molecule has 37 heavy (non-hydrogen) atoms. The van der Waals surface area contributed by atoms with Crippen LogP contribution in [-0.2, 0) is 4.74 Å². The van der Waals surface area contributed by atoms with E-state index in [0.29, 0.717) is 25.3 Å². The van der Waals surface area contributed by atoms with Crippen LogP contribution in [0.2, 0.25) is 0 Å². The number of rotatable bonds is 7. The van der Waals surface area contributed by atoms with Gasteiger partial charge in [-0.1, -0.05) is 60.7 Å². The second-order valence-electron chi connectivity index (χ2n) is 9.24. The standard InChI is InChI=1S/C31H32N2O3.ClH/c1-4-35-31(34)28-18-24(17-16-21(28)2)33-20-25(36-30-15-8-7-14-29(30)33)19-32-22(3)26-13-9-11-23-10-5-6-12-27(23)26;/h5-18,22,25,32H,4,19-20H2,1-3H3;1H/t22-,25?;/m1./s1. The van der Waals surface area contributed by atoms with E-state index in [-0.39, 0.29) is 30.5 Å². The summed E-state index contributed by atoms with van der Waals surface area (Å²) in [5.41, 5.74) is 4.72. The van der Waals surface area contributed by atoms with Crippen molar-refractivity contribution >= 4 is 40.5 Å². The summed E-state index contributed by atoms with van der Waals surface area (Å²) < 4.78 is 11.7. The Kier molecular flexibility index (Phi) is 8.37. The number of esters is 1. The molecule has 1 unspecified atom stereocenters. The van der Waals surface area contributed by atoms with Gasteiger partial charge in [0.25, 0.3) is 0 Å². The van der Waals surface area contributed by atoms with Gasteiger partial charge in [-0.2, -0.15) is 0 Å². The van der Waals surface area contributed by atoms with Crippen molar-refractivity contribution < 1.29 is 14.3 Å². The molecule has 5 nitrogen and oxygen atoms in total. The van der Waals surface area contributed by atoms with Crippen molar-refractivity contribution in [1.29, 1.82) is 0 Å². The second-order valence-corrected chi connectivity index (χ2v) is 9.24. The van der Waals surface area contributed by atoms with E-state index >= 15 is 0 Å². The summed E-state index contributed by atoms with van der Waals surface area (Å²) in [5.74, 6) is 0.548. The van der Waals surface area contributed by atoms with E-state index in [4.69, 9.17) is 9.47 Å². The lowest BCUT2D eigenvalue weighted by Gasteiger charge is -2.37. The minimum Gasteiger partial charge on any atom is -0.485 e. The number of fused-ring (bicyclic) bond motifs is 2. The van der Waals surface area contributed by atoms with E-state index in [0.717, 1.165) is 22.7 Å². The third kappa shape index (κ3) is 5.58. The van der Waals surface area contributed by atoms with Crippen LogP contribution in [0.3, 0.4) is 0 Å². The largest absolute Gasteiger partial charge is 0.485 e. The topological polar surface area (TPSA) is 50.8 Å². The predicted molar refractivity (Wildman–Crippen MR) is 153 cm³/mol. The van der Waals surface area contributed by atoms with E-state index < -0.39 is 0 Å². The summed E-state index contributed by atoms with van der Waals surface area (Å²) >= 11 is 0. The van der Waals surface area contributed by atoms with Crippen molar-refractivity contribution in [3.8, 4) is 5.75 Å². The first kappa shape index (κ1) is 26.5. The molecule has 0 radical (unpaired) electrons. The minimum absolute atomic E-state index is 0. The number of halogens is 1. The van der Waals surface area contributed by atoms with Crippen molar-refractivity contribution in [1.82, 2.24) is 5.32 Å². The first-order chi connectivity index (χ1) is 17.5. The molecule has 5 rings (SSSR count). The van der Waals surface area contributed by atoms with Gasteiger partial charge in [-0.05, 0) is 66.9 Å². The molecule has 1 aliphatic rings. The van der Waals surface area contributed by atoms with Gasteiger partial charge >= 0.3 is 5.97 Å². The number of para-hydroxylation sites is 2. The van der Waals surface area contributed by atoms with Crippen LogP contribution in [0.25, 0.3) is 10.8 Å². The summed E-state index contributed by atoms with van der Waals surface area (Å²) in [6.45, 7) is 7.66. The quantitative estimate of drug-likeness (QED) is 0.268. The summed E-state index contributed by atoms with van der Waals surface area (Å²) in [6.07, 6.45) is -0.0651. The van der Waals surface area contributed by atoms with Crippen LogP contribution in [0.4, 0.5) is 11.4 Å². The second kappa shape index (κ2) is 11.7. The first-order valence-electron chi connectivity index (χ1n) is 12.6. The van der Waals surface area contributed by atoms with Crippen LogP contribution >= 0.6 is 12.4 Å². The van der Waals surface area contributed by atoms with Crippen molar-refractivity contribution in [2.75, 3.05) is 24.6 Å². The average Bonchev–Trinajstić information content (AvgIpc) is 2.91. The highest BCUT2D eigenvalue weighted by Crippen LogP contribution is 2.38. The Morgan fingerprint density at radius 1 is 1.05 bits per heavy atom. The van der Waals surface area contributed by atoms with Crippen molar-refractivity contribution in [3.63, 3.8) is 0 Å². The van der Waals surface area contributed by atoms with Gasteiger partial charge in [-0.3, -0.25) is 0 Å². The zero-order valence-electron chi connectivity index (χ0n) is 21.4. The van der Waals surface area contributed by atoms with E-state index in [1.807, 2.05) is 44.2 Å². The summed E-state index contributed by atoms with van der Waals surface area (Å²) in [6, 6.07) is 29.1. The fraction of sp³-hybridized carbons (Fsp3) is 0.258. The Hall–Kier alpha value is -3.54. The molecule has 6 heteroatoms. The number of ether oxygens (including phenoxy) is 2. The number of hydrogen-bond acceptors (Lipinski definition) is 5. The highest BCUT2D eigenvalue weighted by atomic mass is 35.5. The third-order valence-corrected chi connectivity index (χ3v) is 6.81. The van der Waals surface area contributed by atoms with Gasteiger partial charge in [0.2, 0.25) is 0 Å². The van der Waals surface area contributed by atoms with E-state index in [9.17, 15) is 4.79 Å². The normalized spacial score (nSPS) is 15.3. The SMILES string of the molecule is CCOC(=O)c1cc(N2CC(CN[C@H](C)c3cccc4ccccc34)Oc3ccccc32)ccc1C.Cl. The Balaban J connectivity index is 0.00000320. The number of nitrogens with zero attached hydrogens (tertiary/aromatic N) is 1. The molecule has 1 N–H and O–H groups in total. The minimum atomic E-state index is -0.291. The Labute approximate surface area is 224 Å². The molecule has 0 bridgehead atoms. The van der Waals surface area contributed by atoms with Gasteiger partial charge in [0, 0.05) is 18.3 Å². The number of aryl methyl sites for hydroxylation is 1. The number of hydrogen-bond donors (Lipinski definition) is 1. The fourth-order valence-corrected chi connectivity index (χ4v) is 4.90. The van der Waals surface area contributed by atoms with Crippen LogP contribution in [-0.4, -0.2) is 31.8 Å². The molecule has 192 valence electrons. The van der Waals surface area contributed by atoms with Gasteiger partial charge < -0.3 is 19.7 Å². The highest BCUT2D eigenvalue weighted by Gasteiger charge is 2.28. The average molecular weight is 517 g/mol. The van der Waals surface area contributed by atoms with Gasteiger partial charge in [-0.15, -0.1) is 12.4 Å². The molecule has 0 saturated heterocycles. The van der Waals surface area contributed by atoms with Gasteiger partial charge in [0.05, 0.1) is 24.4 Å². The Morgan fingerprint density at radius 3 is 2.65 bits per heavy atom. The molecule has 1 heterocycles. The van der Waals surface area contributed by atoms with Crippen LogP contribution in [0, 0.1) is 6.92 Å². The smallest absolute Gasteiger partial charge is 0.338 e. The van der Waals surface area contributed by atoms with Gasteiger partial charge in [0.1, 0.15) is 11.9 Å². The molecule has 4 aromatic rings. The maximum atomic E-state index is 12.5. The molecule has 1 aliphatic heterocycles. The lowest BCUT2D eigenvalue weighted by Crippen LogP contribution is -2.44. The molecular formula is C31H33ClN2O3. The lowest BCUT2D eigenvalue weighted by molar-refractivity contribution is 0.0525. The highest BCUT2D eigenvalue weighted by molar-refractivity contribution is 5.92. The van der Waals surface area contributed by atoms with Crippen molar-refractivity contribution in [2.45, 2.75) is 32.9 Å². The maximum absolute atomic E-state index is 12.5. The third-order valence-electron chi connectivity index (χ3n) is 6.81. The molecule has 4 aromatic carbocycles. The lowest BCUT2D eigenvalue weighted by atomic mass is 9.99. The number of nitrogens with one attached hydrogen (secondary N) is 1. The van der Waals surface area contributed by atoms with Crippen LogP contribution in [0.1, 0.15) is 41.4 Å². The molecule has 0 saturated carbocycles. The zero-order chi connectivity index (χ0) is 25.1. The van der Waals surface area contributed by atoms with Crippen molar-refractivity contribution in [2.24, 2.45) is 0 Å². The van der Waals surface area contributed by atoms with E-state index in [1.165, 1.54) is 16.3 Å². The zero-order valence-corrected chi connectivity index (χ0v) is 22.3. The number of anilines is 2. The van der Waals surface area contributed by atoms with Crippen LogP contribution in [0.5, 0.6) is 5.75 Å². The molecule has 0 amide bonds. The summed E-state index contributed by atoms with van der Waals surface area (Å²) in [4.78, 5) is 14.8. The molecule has 0 aromatic heterocycles. The Morgan fingerprint density at radius 2 is 1.81 bits per heavy atom. The van der Waals surface area contributed by atoms with Gasteiger partial charge in [-0.25, -0.2) is 4.79 Å². The molecule has 0 fully saturated rings. The monoisotopic (exact) mass is 516 g/mol. The fourth-order valence-electron chi connectivity index (χ4n) is 4.90. The van der Waals surface area contributed by atoms with Crippen LogP contribution in [0.15, 0.2) is 84.9 Å². The van der Waals surface area contributed by atoms with Crippen LogP contribution < -0.4 is 15.0 Å². The summed E-state index contributed by atoms with van der Waals surface area (Å²) in [7, 11) is 0. The molecular weight excluding hydrogens is 484 g/mol. The van der Waals surface area contributed by atoms with E-state index in [2.05, 4.69) is 71.7 Å². The Bertz CT molecular complexity index is 1380. The van der Waals surface area contributed by atoms with E-state index in [1.54, 1.807) is 0 Å². The number of benzene rings is 4.